The maximum Gasteiger partial charge on any atom is 0.321 e. The van der Waals surface area contributed by atoms with Gasteiger partial charge < -0.3 is 20.4 Å². The zero-order chi connectivity index (χ0) is 23.9. The SMILES string of the molecule is O=C(Nc1ccc(C(=O)N2CCCN(C(=O)Nc3ccc(Cl)cc3)CC2)cc1)c1ccccc1. The molecule has 0 aromatic heterocycles. The molecular formula is C26H25ClN4O3. The summed E-state index contributed by atoms with van der Waals surface area (Å²) < 4.78 is 0. The van der Waals surface area contributed by atoms with Crippen molar-refractivity contribution < 1.29 is 14.4 Å². The van der Waals surface area contributed by atoms with Gasteiger partial charge in [0.1, 0.15) is 0 Å². The third kappa shape index (κ3) is 5.94. The van der Waals surface area contributed by atoms with Crippen molar-refractivity contribution in [1.82, 2.24) is 9.80 Å². The topological polar surface area (TPSA) is 81.8 Å². The quantitative estimate of drug-likeness (QED) is 0.557. The lowest BCUT2D eigenvalue weighted by molar-refractivity contribution is 0.0762. The maximum atomic E-state index is 13.0. The van der Waals surface area contributed by atoms with Gasteiger partial charge >= 0.3 is 6.03 Å². The first-order valence-corrected chi connectivity index (χ1v) is 11.4. The van der Waals surface area contributed by atoms with E-state index in [2.05, 4.69) is 10.6 Å². The van der Waals surface area contributed by atoms with Crippen LogP contribution in [0.15, 0.2) is 78.9 Å². The van der Waals surface area contributed by atoms with E-state index in [-0.39, 0.29) is 17.8 Å². The number of hydrogen-bond acceptors (Lipinski definition) is 3. The second-order valence-electron chi connectivity index (χ2n) is 7.97. The van der Waals surface area contributed by atoms with E-state index in [0.717, 1.165) is 0 Å². The normalized spacial score (nSPS) is 13.7. The van der Waals surface area contributed by atoms with Crippen molar-refractivity contribution >= 4 is 40.8 Å². The van der Waals surface area contributed by atoms with E-state index in [4.69, 9.17) is 11.6 Å². The highest BCUT2D eigenvalue weighted by Crippen LogP contribution is 2.17. The molecule has 2 N–H and O–H groups in total. The van der Waals surface area contributed by atoms with Crippen LogP contribution >= 0.6 is 11.6 Å². The summed E-state index contributed by atoms with van der Waals surface area (Å²) in [6.45, 7) is 2.01. The number of urea groups is 1. The lowest BCUT2D eigenvalue weighted by Crippen LogP contribution is -2.39. The Kier molecular flexibility index (Phi) is 7.44. The van der Waals surface area contributed by atoms with Crippen molar-refractivity contribution in [3.8, 4) is 0 Å². The highest BCUT2D eigenvalue weighted by Gasteiger charge is 2.23. The van der Waals surface area contributed by atoms with Gasteiger partial charge in [-0.15, -0.1) is 0 Å². The van der Waals surface area contributed by atoms with Crippen LogP contribution < -0.4 is 10.6 Å². The number of rotatable bonds is 4. The van der Waals surface area contributed by atoms with E-state index < -0.39 is 0 Å². The summed E-state index contributed by atoms with van der Waals surface area (Å²) in [5.74, 6) is -0.301. The molecule has 0 unspecified atom stereocenters. The third-order valence-electron chi connectivity index (χ3n) is 5.59. The molecule has 3 aromatic carbocycles. The summed E-state index contributed by atoms with van der Waals surface area (Å²) in [6, 6.07) is 22.5. The second-order valence-corrected chi connectivity index (χ2v) is 8.40. The van der Waals surface area contributed by atoms with E-state index in [1.54, 1.807) is 82.6 Å². The molecule has 174 valence electrons. The lowest BCUT2D eigenvalue weighted by Gasteiger charge is -2.22. The van der Waals surface area contributed by atoms with Crippen LogP contribution in [0.1, 0.15) is 27.1 Å². The molecule has 8 heteroatoms. The Labute approximate surface area is 203 Å². The van der Waals surface area contributed by atoms with Crippen molar-refractivity contribution in [2.45, 2.75) is 6.42 Å². The fourth-order valence-electron chi connectivity index (χ4n) is 3.73. The Hall–Kier alpha value is -3.84. The molecular weight excluding hydrogens is 452 g/mol. The molecule has 0 atom stereocenters. The van der Waals surface area contributed by atoms with Gasteiger partial charge in [0, 0.05) is 53.7 Å². The molecule has 4 amide bonds. The standard InChI is InChI=1S/C26H25ClN4O3/c27-21-9-13-23(14-10-21)29-26(34)31-16-4-15-30(17-18-31)25(33)20-7-11-22(12-8-20)28-24(32)19-5-2-1-3-6-19/h1-3,5-14H,4,15-18H2,(H,28,32)(H,29,34). The van der Waals surface area contributed by atoms with Crippen LogP contribution in [0.25, 0.3) is 0 Å². The summed E-state index contributed by atoms with van der Waals surface area (Å²) in [6.07, 6.45) is 0.686. The molecule has 34 heavy (non-hydrogen) atoms. The Balaban J connectivity index is 1.32. The number of nitrogens with zero attached hydrogens (tertiary/aromatic N) is 2. The van der Waals surface area contributed by atoms with Gasteiger partial charge in [-0.25, -0.2) is 4.79 Å². The zero-order valence-electron chi connectivity index (χ0n) is 18.5. The van der Waals surface area contributed by atoms with Crippen molar-refractivity contribution in [3.05, 3.63) is 95.0 Å². The van der Waals surface area contributed by atoms with Gasteiger partial charge in [-0.1, -0.05) is 29.8 Å². The lowest BCUT2D eigenvalue weighted by atomic mass is 10.1. The fraction of sp³-hybridized carbons (Fsp3) is 0.192. The molecule has 0 saturated carbocycles. The second kappa shape index (κ2) is 10.9. The van der Waals surface area contributed by atoms with Gasteiger partial charge in [0.25, 0.3) is 11.8 Å². The minimum absolute atomic E-state index is 0.0964. The Morgan fingerprint density at radius 1 is 0.647 bits per heavy atom. The minimum Gasteiger partial charge on any atom is -0.337 e. The summed E-state index contributed by atoms with van der Waals surface area (Å²) in [4.78, 5) is 41.4. The molecule has 7 nitrogen and oxygen atoms in total. The Bertz CT molecular complexity index is 1150. The van der Waals surface area contributed by atoms with Gasteiger partial charge in [0.05, 0.1) is 0 Å². The van der Waals surface area contributed by atoms with E-state index in [9.17, 15) is 14.4 Å². The van der Waals surface area contributed by atoms with E-state index in [1.165, 1.54) is 0 Å². The minimum atomic E-state index is -0.204. The number of nitrogens with one attached hydrogen (secondary N) is 2. The van der Waals surface area contributed by atoms with Crippen molar-refractivity contribution in [2.75, 3.05) is 36.8 Å². The predicted molar refractivity (Wildman–Crippen MR) is 133 cm³/mol. The molecule has 1 saturated heterocycles. The summed E-state index contributed by atoms with van der Waals surface area (Å²) in [5, 5.41) is 6.30. The molecule has 1 heterocycles. The number of carbonyl (C=O) groups excluding carboxylic acids is 3. The first-order valence-electron chi connectivity index (χ1n) is 11.1. The molecule has 0 spiro atoms. The molecule has 1 aliphatic heterocycles. The van der Waals surface area contributed by atoms with Crippen LogP contribution in [0.3, 0.4) is 0 Å². The molecule has 0 bridgehead atoms. The van der Waals surface area contributed by atoms with E-state index >= 15 is 0 Å². The molecule has 1 fully saturated rings. The fourth-order valence-corrected chi connectivity index (χ4v) is 3.86. The maximum absolute atomic E-state index is 13.0. The highest BCUT2D eigenvalue weighted by molar-refractivity contribution is 6.30. The van der Waals surface area contributed by atoms with Gasteiger partial charge in [-0.3, -0.25) is 9.59 Å². The van der Waals surface area contributed by atoms with Gasteiger partial charge in [-0.05, 0) is 67.1 Å². The number of anilines is 2. The van der Waals surface area contributed by atoms with E-state index in [1.807, 2.05) is 6.07 Å². The van der Waals surface area contributed by atoms with Crippen molar-refractivity contribution in [3.63, 3.8) is 0 Å². The summed E-state index contributed by atoms with van der Waals surface area (Å²) in [5.41, 5.74) is 2.39. The molecule has 1 aliphatic rings. The number of carbonyl (C=O) groups is 3. The first-order chi connectivity index (χ1) is 16.5. The largest absolute Gasteiger partial charge is 0.337 e. The van der Waals surface area contributed by atoms with Gasteiger partial charge in [0.15, 0.2) is 0 Å². The summed E-state index contributed by atoms with van der Waals surface area (Å²) in [7, 11) is 0. The van der Waals surface area contributed by atoms with Crippen LogP contribution in [0, 0.1) is 0 Å². The van der Waals surface area contributed by atoms with Crippen LogP contribution in [-0.2, 0) is 0 Å². The van der Waals surface area contributed by atoms with Gasteiger partial charge in [-0.2, -0.15) is 0 Å². The number of halogens is 1. The highest BCUT2D eigenvalue weighted by atomic mass is 35.5. The van der Waals surface area contributed by atoms with Crippen LogP contribution in [0.4, 0.5) is 16.2 Å². The Morgan fingerprint density at radius 2 is 1.24 bits per heavy atom. The van der Waals surface area contributed by atoms with Crippen LogP contribution in [0.5, 0.6) is 0 Å². The molecule has 0 aliphatic carbocycles. The summed E-state index contributed by atoms with van der Waals surface area (Å²) >= 11 is 5.89. The molecule has 4 rings (SSSR count). The number of hydrogen-bond donors (Lipinski definition) is 2. The predicted octanol–water partition coefficient (Wildman–Crippen LogP) is 4.97. The average Bonchev–Trinajstić information content (AvgIpc) is 3.12. The van der Waals surface area contributed by atoms with Crippen molar-refractivity contribution in [2.24, 2.45) is 0 Å². The van der Waals surface area contributed by atoms with E-state index in [0.29, 0.717) is 60.1 Å². The van der Waals surface area contributed by atoms with Crippen LogP contribution in [-0.4, -0.2) is 53.8 Å². The molecule has 0 radical (unpaired) electrons. The number of benzene rings is 3. The molecule has 3 aromatic rings. The average molecular weight is 477 g/mol. The zero-order valence-corrected chi connectivity index (χ0v) is 19.3. The monoisotopic (exact) mass is 476 g/mol. The van der Waals surface area contributed by atoms with Crippen LogP contribution in [0.2, 0.25) is 5.02 Å². The Morgan fingerprint density at radius 3 is 1.94 bits per heavy atom. The third-order valence-corrected chi connectivity index (χ3v) is 5.84. The smallest absolute Gasteiger partial charge is 0.321 e. The number of amides is 4. The van der Waals surface area contributed by atoms with Crippen molar-refractivity contribution in [1.29, 1.82) is 0 Å². The van der Waals surface area contributed by atoms with Gasteiger partial charge in [0.2, 0.25) is 0 Å². The first kappa shape index (κ1) is 23.3.